The second-order valence-electron chi connectivity index (χ2n) is 9.02. The number of carboxylic acid groups (broad SMARTS) is 2. The van der Waals surface area contributed by atoms with Crippen molar-refractivity contribution in [3.8, 4) is 0 Å². The molecular weight excluding hydrogens is 328 g/mol. The Balaban J connectivity index is 0.000000552. The van der Waals surface area contributed by atoms with Crippen molar-refractivity contribution >= 4 is 6.16 Å². The van der Waals surface area contributed by atoms with Gasteiger partial charge in [-0.1, -0.05) is 52.4 Å². The van der Waals surface area contributed by atoms with Gasteiger partial charge in [0.1, 0.15) is 0 Å². The number of nitrogens with two attached hydrogens (primary N) is 2. The van der Waals surface area contributed by atoms with Crippen LogP contribution in [-0.2, 0) is 0 Å². The molecule has 5 nitrogen and oxygen atoms in total. The predicted molar refractivity (Wildman–Crippen MR) is 105 cm³/mol. The molecule has 152 valence electrons. The third-order valence-corrected chi connectivity index (χ3v) is 8.31. The molecule has 0 aliphatic heterocycles. The minimum Gasteiger partial charge on any atom is -0.450 e. The first-order valence-electron chi connectivity index (χ1n) is 10.8. The van der Waals surface area contributed by atoms with Gasteiger partial charge in [-0.2, -0.15) is 0 Å². The molecule has 5 heteroatoms. The number of carbonyl (C=O) groups is 1. The third-order valence-electron chi connectivity index (χ3n) is 8.31. The van der Waals surface area contributed by atoms with Gasteiger partial charge in [-0.15, -0.1) is 0 Å². The summed E-state index contributed by atoms with van der Waals surface area (Å²) in [6.45, 7) is 4.70. The molecule has 3 aliphatic carbocycles. The molecule has 0 amide bonds. The zero-order valence-electron chi connectivity index (χ0n) is 16.8. The van der Waals surface area contributed by atoms with E-state index in [-0.39, 0.29) is 10.8 Å². The smallest absolute Gasteiger partial charge is 0.450 e. The van der Waals surface area contributed by atoms with Gasteiger partial charge in [-0.25, -0.2) is 4.79 Å². The van der Waals surface area contributed by atoms with E-state index in [1.165, 1.54) is 83.5 Å². The van der Waals surface area contributed by atoms with Crippen molar-refractivity contribution < 1.29 is 15.0 Å². The van der Waals surface area contributed by atoms with E-state index in [4.69, 9.17) is 26.5 Å². The minimum absolute atomic E-state index is 0.223. The maximum Gasteiger partial charge on any atom is 0.503 e. The highest BCUT2D eigenvalue weighted by Crippen LogP contribution is 2.70. The molecule has 0 heterocycles. The minimum atomic E-state index is -1.83. The van der Waals surface area contributed by atoms with Gasteiger partial charge in [-0.05, 0) is 56.8 Å². The summed E-state index contributed by atoms with van der Waals surface area (Å²) in [5, 5.41) is 13.9. The first-order valence-corrected chi connectivity index (χ1v) is 10.8. The van der Waals surface area contributed by atoms with Crippen molar-refractivity contribution in [2.75, 3.05) is 0 Å². The summed E-state index contributed by atoms with van der Waals surface area (Å²) < 4.78 is 0. The zero-order chi connectivity index (χ0) is 19.4. The van der Waals surface area contributed by atoms with Gasteiger partial charge in [0.25, 0.3) is 0 Å². The number of rotatable bonds is 4. The third kappa shape index (κ3) is 3.49. The predicted octanol–water partition coefficient (Wildman–Crippen LogP) is 5.18. The Kier molecular flexibility index (Phi) is 7.00. The first kappa shape index (κ1) is 21.5. The fourth-order valence-electron chi connectivity index (χ4n) is 6.93. The summed E-state index contributed by atoms with van der Waals surface area (Å²) >= 11 is 0. The maximum atomic E-state index is 8.56. The highest BCUT2D eigenvalue weighted by molar-refractivity contribution is 5.53. The Morgan fingerprint density at radius 1 is 0.808 bits per heavy atom. The van der Waals surface area contributed by atoms with E-state index in [2.05, 4.69) is 13.8 Å². The SMILES string of the molecule is CCC1(C2CCCCC2)CC(CC)(C2CCCCC2)C1(N)N.O=C(O)O. The summed E-state index contributed by atoms with van der Waals surface area (Å²) in [4.78, 5) is 8.56. The normalized spacial score (nSPS) is 35.1. The van der Waals surface area contributed by atoms with Crippen molar-refractivity contribution in [1.29, 1.82) is 0 Å². The summed E-state index contributed by atoms with van der Waals surface area (Å²) in [6, 6.07) is 0. The Labute approximate surface area is 158 Å². The molecule has 0 aromatic rings. The Morgan fingerprint density at radius 3 is 1.35 bits per heavy atom. The van der Waals surface area contributed by atoms with Crippen LogP contribution >= 0.6 is 0 Å². The van der Waals surface area contributed by atoms with Crippen molar-refractivity contribution in [2.24, 2.45) is 34.1 Å². The van der Waals surface area contributed by atoms with E-state index in [1.54, 1.807) is 0 Å². The van der Waals surface area contributed by atoms with E-state index in [0.717, 1.165) is 11.8 Å². The van der Waals surface area contributed by atoms with Crippen LogP contribution in [0.2, 0.25) is 0 Å². The lowest BCUT2D eigenvalue weighted by Gasteiger charge is -2.73. The Bertz CT molecular complexity index is 432. The van der Waals surface area contributed by atoms with Crippen LogP contribution in [0.4, 0.5) is 4.79 Å². The molecule has 3 saturated carbocycles. The topological polar surface area (TPSA) is 110 Å². The molecule has 26 heavy (non-hydrogen) atoms. The van der Waals surface area contributed by atoms with Gasteiger partial charge in [-0.3, -0.25) is 0 Å². The fraction of sp³-hybridized carbons (Fsp3) is 0.952. The van der Waals surface area contributed by atoms with E-state index >= 15 is 0 Å². The molecule has 3 fully saturated rings. The van der Waals surface area contributed by atoms with E-state index in [0.29, 0.717) is 0 Å². The Hall–Kier alpha value is -0.810. The lowest BCUT2D eigenvalue weighted by atomic mass is 9.35. The molecule has 3 rings (SSSR count). The summed E-state index contributed by atoms with van der Waals surface area (Å²) in [5.41, 5.74) is 14.1. The maximum absolute atomic E-state index is 8.56. The number of hydrogen-bond acceptors (Lipinski definition) is 3. The van der Waals surface area contributed by atoms with Crippen LogP contribution in [0, 0.1) is 22.7 Å². The standard InChI is InChI=1S/C20H38N2.CH2O3/c1-3-18(16-11-7-5-8-12-16)15-19(4-2,20(18,21)22)17-13-9-6-10-14-17;2-1(3)4/h16-17H,3-15,21-22H2,1-2H3;(H2,2,3,4). The summed E-state index contributed by atoms with van der Waals surface area (Å²) in [6.07, 6.45) is 15.7. The zero-order valence-corrected chi connectivity index (χ0v) is 16.8. The van der Waals surface area contributed by atoms with E-state index in [9.17, 15) is 0 Å². The molecule has 0 aromatic heterocycles. The van der Waals surface area contributed by atoms with Gasteiger partial charge in [0.2, 0.25) is 0 Å². The van der Waals surface area contributed by atoms with Crippen LogP contribution in [0.15, 0.2) is 0 Å². The van der Waals surface area contributed by atoms with Gasteiger partial charge in [0, 0.05) is 10.8 Å². The fourth-order valence-corrected chi connectivity index (χ4v) is 6.93. The quantitative estimate of drug-likeness (QED) is 0.511. The van der Waals surface area contributed by atoms with Crippen molar-refractivity contribution in [3.05, 3.63) is 0 Å². The summed E-state index contributed by atoms with van der Waals surface area (Å²) in [7, 11) is 0. The molecule has 0 aromatic carbocycles. The number of hydrogen-bond donors (Lipinski definition) is 4. The van der Waals surface area contributed by atoms with Crippen molar-refractivity contribution in [1.82, 2.24) is 0 Å². The monoisotopic (exact) mass is 368 g/mol. The second-order valence-corrected chi connectivity index (χ2v) is 9.02. The highest BCUT2D eigenvalue weighted by Gasteiger charge is 2.72. The lowest BCUT2D eigenvalue weighted by molar-refractivity contribution is -0.222. The van der Waals surface area contributed by atoms with Gasteiger partial charge in [0.15, 0.2) is 0 Å². The van der Waals surface area contributed by atoms with Crippen LogP contribution in [0.3, 0.4) is 0 Å². The van der Waals surface area contributed by atoms with Crippen LogP contribution in [0.25, 0.3) is 0 Å². The van der Waals surface area contributed by atoms with Gasteiger partial charge in [0.05, 0.1) is 5.66 Å². The largest absolute Gasteiger partial charge is 0.503 e. The molecular formula is C21H40N2O3. The molecule has 0 radical (unpaired) electrons. The van der Waals surface area contributed by atoms with Crippen LogP contribution in [-0.4, -0.2) is 22.0 Å². The van der Waals surface area contributed by atoms with E-state index in [1.807, 2.05) is 0 Å². The Morgan fingerprint density at radius 2 is 1.12 bits per heavy atom. The highest BCUT2D eigenvalue weighted by atomic mass is 16.6. The van der Waals surface area contributed by atoms with Gasteiger partial charge < -0.3 is 21.7 Å². The van der Waals surface area contributed by atoms with Crippen LogP contribution < -0.4 is 11.5 Å². The average molecular weight is 369 g/mol. The molecule has 0 bridgehead atoms. The second kappa shape index (κ2) is 8.47. The molecule has 0 saturated heterocycles. The van der Waals surface area contributed by atoms with Crippen molar-refractivity contribution in [2.45, 2.75) is 103 Å². The summed E-state index contributed by atoms with van der Waals surface area (Å²) in [5.74, 6) is 1.56. The molecule has 2 unspecified atom stereocenters. The molecule has 6 N–H and O–H groups in total. The molecule has 0 spiro atoms. The van der Waals surface area contributed by atoms with E-state index < -0.39 is 11.8 Å². The van der Waals surface area contributed by atoms with Crippen LogP contribution in [0.1, 0.15) is 97.3 Å². The van der Waals surface area contributed by atoms with Crippen LogP contribution in [0.5, 0.6) is 0 Å². The molecule has 3 aliphatic rings. The first-order chi connectivity index (χ1) is 12.3. The average Bonchev–Trinajstić information content (AvgIpc) is 2.63. The van der Waals surface area contributed by atoms with Gasteiger partial charge >= 0.3 is 6.16 Å². The van der Waals surface area contributed by atoms with Crippen molar-refractivity contribution in [3.63, 3.8) is 0 Å². The molecule has 2 atom stereocenters. The lowest BCUT2D eigenvalue weighted by Crippen LogP contribution is -2.84.